The first kappa shape index (κ1) is 20.6. The van der Waals surface area contributed by atoms with Gasteiger partial charge in [-0.05, 0) is 34.4 Å². The van der Waals surface area contributed by atoms with Gasteiger partial charge in [0.2, 0.25) is 0 Å². The van der Waals surface area contributed by atoms with E-state index in [9.17, 15) is 4.79 Å². The number of hydrogen-bond acceptors (Lipinski definition) is 3. The first-order chi connectivity index (χ1) is 15.3. The minimum absolute atomic E-state index is 0.0887. The van der Waals surface area contributed by atoms with Crippen LogP contribution in [0.5, 0.6) is 0 Å². The van der Waals surface area contributed by atoms with Crippen molar-refractivity contribution in [2.24, 2.45) is 0 Å². The molecule has 1 N–H and O–H groups in total. The summed E-state index contributed by atoms with van der Waals surface area (Å²) in [7, 11) is 0. The highest BCUT2D eigenvalue weighted by molar-refractivity contribution is 5.94. The number of rotatable bonds is 9. The number of carbonyl (C=O) groups is 1. The Hall–Kier alpha value is -3.70. The van der Waals surface area contributed by atoms with Gasteiger partial charge in [0, 0.05) is 31.0 Å². The first-order valence-electron chi connectivity index (χ1n) is 10.3. The van der Waals surface area contributed by atoms with Gasteiger partial charge < -0.3 is 14.6 Å². The number of amides is 1. The minimum Gasteiger partial charge on any atom is -0.372 e. The molecular weight excluding hydrogens is 386 g/mol. The summed E-state index contributed by atoms with van der Waals surface area (Å²) in [6, 6.07) is 25.8. The number of carbonyl (C=O) groups excluding carboxylic acids is 1. The number of hydrogen-bond donors (Lipinski definition) is 1. The van der Waals surface area contributed by atoms with Crippen LogP contribution in [0.1, 0.15) is 32.6 Å². The molecule has 1 heterocycles. The number of ether oxygens (including phenoxy) is 1. The molecule has 1 amide bonds. The van der Waals surface area contributed by atoms with Gasteiger partial charge in [0.05, 0.1) is 19.5 Å². The predicted octanol–water partition coefficient (Wildman–Crippen LogP) is 4.58. The molecule has 0 unspecified atom stereocenters. The van der Waals surface area contributed by atoms with Gasteiger partial charge >= 0.3 is 0 Å². The van der Waals surface area contributed by atoms with Crippen LogP contribution in [-0.2, 0) is 31.0 Å². The van der Waals surface area contributed by atoms with Crippen molar-refractivity contribution in [1.29, 1.82) is 0 Å². The quantitative estimate of drug-likeness (QED) is 0.439. The van der Waals surface area contributed by atoms with E-state index in [1.54, 1.807) is 12.5 Å². The number of nitrogens with zero attached hydrogens (tertiary/aromatic N) is 2. The van der Waals surface area contributed by atoms with Gasteiger partial charge in [-0.3, -0.25) is 4.79 Å². The van der Waals surface area contributed by atoms with Gasteiger partial charge in [-0.1, -0.05) is 66.7 Å². The molecule has 0 spiro atoms. The van der Waals surface area contributed by atoms with Crippen LogP contribution in [0.4, 0.5) is 0 Å². The Balaban J connectivity index is 1.30. The van der Waals surface area contributed by atoms with Crippen LogP contribution in [0, 0.1) is 0 Å². The van der Waals surface area contributed by atoms with Crippen molar-refractivity contribution in [1.82, 2.24) is 14.9 Å². The van der Waals surface area contributed by atoms with E-state index in [0.717, 1.165) is 28.8 Å². The molecule has 0 fully saturated rings. The standard InChI is InChI=1S/C26H25N3O2/c30-26(23-12-10-21(11-13-23)17-29-15-14-27-20-29)28-16-24-8-4-5-9-25(24)19-31-18-22-6-2-1-3-7-22/h1-15,20H,16-19H2,(H,28,30). The zero-order chi connectivity index (χ0) is 21.3. The van der Waals surface area contributed by atoms with Crippen molar-refractivity contribution in [2.75, 3.05) is 0 Å². The second-order valence-electron chi connectivity index (χ2n) is 7.36. The topological polar surface area (TPSA) is 56.1 Å². The molecule has 0 aliphatic rings. The van der Waals surface area contributed by atoms with Crippen LogP contribution in [-0.4, -0.2) is 15.5 Å². The van der Waals surface area contributed by atoms with E-state index in [0.29, 0.717) is 25.3 Å². The number of nitrogens with one attached hydrogen (secondary N) is 1. The van der Waals surface area contributed by atoms with E-state index in [1.165, 1.54) is 0 Å². The molecule has 0 radical (unpaired) electrons. The van der Waals surface area contributed by atoms with Crippen LogP contribution in [0.15, 0.2) is 97.6 Å². The van der Waals surface area contributed by atoms with Gasteiger partial charge in [-0.15, -0.1) is 0 Å². The van der Waals surface area contributed by atoms with E-state index in [-0.39, 0.29) is 5.91 Å². The largest absolute Gasteiger partial charge is 0.372 e. The normalized spacial score (nSPS) is 10.7. The fourth-order valence-electron chi connectivity index (χ4n) is 3.35. The monoisotopic (exact) mass is 411 g/mol. The second-order valence-corrected chi connectivity index (χ2v) is 7.36. The summed E-state index contributed by atoms with van der Waals surface area (Å²) >= 11 is 0. The lowest BCUT2D eigenvalue weighted by Crippen LogP contribution is -2.23. The summed E-state index contributed by atoms with van der Waals surface area (Å²) in [5.41, 5.74) is 5.04. The predicted molar refractivity (Wildman–Crippen MR) is 120 cm³/mol. The molecule has 0 bridgehead atoms. The molecule has 4 aromatic rings. The Morgan fingerprint density at radius 1 is 0.839 bits per heavy atom. The van der Waals surface area contributed by atoms with Crippen LogP contribution in [0.2, 0.25) is 0 Å². The van der Waals surface area contributed by atoms with Gasteiger partial charge in [0.25, 0.3) is 5.91 Å². The van der Waals surface area contributed by atoms with Crippen LogP contribution < -0.4 is 5.32 Å². The Labute approximate surface area is 182 Å². The van der Waals surface area contributed by atoms with E-state index in [1.807, 2.05) is 89.6 Å². The smallest absolute Gasteiger partial charge is 0.251 e. The fraction of sp³-hybridized carbons (Fsp3) is 0.154. The number of imidazole rings is 1. The van der Waals surface area contributed by atoms with Crippen LogP contribution >= 0.6 is 0 Å². The lowest BCUT2D eigenvalue weighted by atomic mass is 10.1. The number of benzene rings is 3. The van der Waals surface area contributed by atoms with Gasteiger partial charge in [0.15, 0.2) is 0 Å². The fourth-order valence-corrected chi connectivity index (χ4v) is 3.35. The molecule has 0 saturated heterocycles. The minimum atomic E-state index is -0.0887. The molecule has 5 nitrogen and oxygen atoms in total. The third kappa shape index (κ3) is 5.90. The van der Waals surface area contributed by atoms with Crippen LogP contribution in [0.3, 0.4) is 0 Å². The van der Waals surface area contributed by atoms with Crippen molar-refractivity contribution < 1.29 is 9.53 Å². The van der Waals surface area contributed by atoms with E-state index >= 15 is 0 Å². The summed E-state index contributed by atoms with van der Waals surface area (Å²) < 4.78 is 7.87. The molecule has 0 aliphatic carbocycles. The highest BCUT2D eigenvalue weighted by Gasteiger charge is 2.08. The molecule has 4 rings (SSSR count). The SMILES string of the molecule is O=C(NCc1ccccc1COCc1ccccc1)c1ccc(Cn2ccnc2)cc1. The zero-order valence-corrected chi connectivity index (χ0v) is 17.3. The highest BCUT2D eigenvalue weighted by Crippen LogP contribution is 2.13. The highest BCUT2D eigenvalue weighted by atomic mass is 16.5. The molecule has 156 valence electrons. The molecule has 1 aromatic heterocycles. The molecule has 31 heavy (non-hydrogen) atoms. The summed E-state index contributed by atoms with van der Waals surface area (Å²) in [6.07, 6.45) is 5.45. The Morgan fingerprint density at radius 2 is 1.58 bits per heavy atom. The van der Waals surface area contributed by atoms with E-state index in [4.69, 9.17) is 4.74 Å². The maximum atomic E-state index is 12.6. The molecule has 3 aromatic carbocycles. The average molecular weight is 412 g/mol. The maximum absolute atomic E-state index is 12.6. The molecule has 0 saturated carbocycles. The Kier molecular flexibility index (Phi) is 6.88. The number of aromatic nitrogens is 2. The third-order valence-corrected chi connectivity index (χ3v) is 5.07. The second kappa shape index (κ2) is 10.4. The summed E-state index contributed by atoms with van der Waals surface area (Å²) in [5.74, 6) is -0.0887. The van der Waals surface area contributed by atoms with Crippen molar-refractivity contribution in [3.8, 4) is 0 Å². The zero-order valence-electron chi connectivity index (χ0n) is 17.3. The van der Waals surface area contributed by atoms with Crippen molar-refractivity contribution in [3.05, 3.63) is 125 Å². The summed E-state index contributed by atoms with van der Waals surface area (Å²) in [4.78, 5) is 16.6. The lowest BCUT2D eigenvalue weighted by molar-refractivity contribution is 0.0947. The molecule has 0 atom stereocenters. The van der Waals surface area contributed by atoms with Crippen molar-refractivity contribution in [2.45, 2.75) is 26.3 Å². The van der Waals surface area contributed by atoms with Gasteiger partial charge in [-0.2, -0.15) is 0 Å². The van der Waals surface area contributed by atoms with Gasteiger partial charge in [-0.25, -0.2) is 4.98 Å². The van der Waals surface area contributed by atoms with E-state index < -0.39 is 0 Å². The Morgan fingerprint density at radius 3 is 2.32 bits per heavy atom. The Bertz CT molecular complexity index is 1090. The summed E-state index contributed by atoms with van der Waals surface area (Å²) in [6.45, 7) is 2.26. The van der Waals surface area contributed by atoms with E-state index in [2.05, 4.69) is 10.3 Å². The third-order valence-electron chi connectivity index (χ3n) is 5.07. The van der Waals surface area contributed by atoms with Gasteiger partial charge in [0.1, 0.15) is 0 Å². The molecular formula is C26H25N3O2. The van der Waals surface area contributed by atoms with Crippen molar-refractivity contribution >= 4 is 5.91 Å². The van der Waals surface area contributed by atoms with Crippen LogP contribution in [0.25, 0.3) is 0 Å². The first-order valence-corrected chi connectivity index (χ1v) is 10.3. The lowest BCUT2D eigenvalue weighted by Gasteiger charge is -2.12. The maximum Gasteiger partial charge on any atom is 0.251 e. The average Bonchev–Trinajstić information content (AvgIpc) is 3.32. The summed E-state index contributed by atoms with van der Waals surface area (Å²) in [5, 5.41) is 3.02. The molecule has 0 aliphatic heterocycles. The molecule has 5 heteroatoms. The van der Waals surface area contributed by atoms with Crippen molar-refractivity contribution in [3.63, 3.8) is 0 Å².